The number of methoxy groups -OCH3 is 1. The number of rotatable bonds is 5. The third-order valence-corrected chi connectivity index (χ3v) is 4.96. The van der Waals surface area contributed by atoms with Crippen LogP contribution in [0.3, 0.4) is 0 Å². The van der Waals surface area contributed by atoms with Crippen LogP contribution in [-0.4, -0.2) is 7.11 Å². The normalized spacial score (nSPS) is 11.1. The van der Waals surface area contributed by atoms with E-state index in [-0.39, 0.29) is 0 Å². The molecule has 5 aromatic rings. The topological polar surface area (TPSA) is 61.8 Å². The standard InChI is InChI=1S/C25H18O5/c1-27-22-9-5-8-17-12-23(30-25(17)22)20-14-24(26)29-21-11-10-18(13-19(20)21)28-15-16-6-3-2-4-7-16/h2-14H,15H2,1H3. The fourth-order valence-electron chi connectivity index (χ4n) is 3.51. The molecule has 5 heteroatoms. The second kappa shape index (κ2) is 7.44. The average Bonchev–Trinajstić information content (AvgIpc) is 3.22. The molecule has 0 aliphatic rings. The van der Waals surface area contributed by atoms with E-state index in [4.69, 9.17) is 18.3 Å². The summed E-state index contributed by atoms with van der Waals surface area (Å²) < 4.78 is 22.8. The predicted octanol–water partition coefficient (Wildman–Crippen LogP) is 5.79. The van der Waals surface area contributed by atoms with Crippen LogP contribution in [0.25, 0.3) is 33.3 Å². The highest BCUT2D eigenvalue weighted by Crippen LogP contribution is 2.36. The van der Waals surface area contributed by atoms with Crippen LogP contribution in [0, 0.1) is 0 Å². The lowest BCUT2D eigenvalue weighted by Gasteiger charge is -2.08. The van der Waals surface area contributed by atoms with Gasteiger partial charge in [0.1, 0.15) is 23.7 Å². The van der Waals surface area contributed by atoms with Crippen molar-refractivity contribution in [3.63, 3.8) is 0 Å². The Balaban J connectivity index is 1.60. The first-order valence-corrected chi connectivity index (χ1v) is 9.53. The minimum absolute atomic E-state index is 0.442. The molecule has 0 atom stereocenters. The van der Waals surface area contributed by atoms with Crippen molar-refractivity contribution < 1.29 is 18.3 Å². The van der Waals surface area contributed by atoms with Gasteiger partial charge in [0.2, 0.25) is 0 Å². The van der Waals surface area contributed by atoms with Crippen LogP contribution < -0.4 is 15.1 Å². The molecule has 2 aromatic heterocycles. The minimum Gasteiger partial charge on any atom is -0.493 e. The predicted molar refractivity (Wildman–Crippen MR) is 115 cm³/mol. The molecule has 0 aliphatic carbocycles. The van der Waals surface area contributed by atoms with Gasteiger partial charge in [-0.1, -0.05) is 42.5 Å². The summed E-state index contributed by atoms with van der Waals surface area (Å²) in [5.74, 6) is 1.88. The van der Waals surface area contributed by atoms with E-state index < -0.39 is 5.63 Å². The van der Waals surface area contributed by atoms with E-state index in [1.165, 1.54) is 6.07 Å². The molecular formula is C25H18O5. The van der Waals surface area contributed by atoms with Crippen molar-refractivity contribution in [3.05, 3.63) is 94.8 Å². The molecule has 0 saturated carbocycles. The van der Waals surface area contributed by atoms with E-state index in [0.29, 0.717) is 40.6 Å². The van der Waals surface area contributed by atoms with Gasteiger partial charge in [-0.3, -0.25) is 0 Å². The molecule has 2 heterocycles. The number of benzene rings is 3. The summed E-state index contributed by atoms with van der Waals surface area (Å²) >= 11 is 0. The van der Waals surface area contributed by atoms with Crippen LogP contribution in [0.5, 0.6) is 11.5 Å². The Kier molecular flexibility index (Phi) is 4.48. The Hall–Kier alpha value is -3.99. The molecule has 0 spiro atoms. The minimum atomic E-state index is -0.442. The molecule has 0 fully saturated rings. The van der Waals surface area contributed by atoms with Crippen molar-refractivity contribution in [1.82, 2.24) is 0 Å². The Labute approximate surface area is 172 Å². The zero-order valence-corrected chi connectivity index (χ0v) is 16.3. The molecule has 0 saturated heterocycles. The maximum Gasteiger partial charge on any atom is 0.336 e. The van der Waals surface area contributed by atoms with Gasteiger partial charge in [0.15, 0.2) is 11.3 Å². The van der Waals surface area contributed by atoms with Crippen LogP contribution in [0.4, 0.5) is 0 Å². The molecule has 0 amide bonds. The fourth-order valence-corrected chi connectivity index (χ4v) is 3.51. The Morgan fingerprint density at radius 1 is 0.867 bits per heavy atom. The molecule has 0 radical (unpaired) electrons. The van der Waals surface area contributed by atoms with E-state index in [1.54, 1.807) is 19.2 Å². The van der Waals surface area contributed by atoms with Crippen LogP contribution in [0.1, 0.15) is 5.56 Å². The molecule has 148 valence electrons. The lowest BCUT2D eigenvalue weighted by molar-refractivity contribution is 0.306. The smallest absolute Gasteiger partial charge is 0.336 e. The summed E-state index contributed by atoms with van der Waals surface area (Å²) in [6.07, 6.45) is 0. The number of para-hydroxylation sites is 1. The maximum atomic E-state index is 12.1. The maximum absolute atomic E-state index is 12.1. The second-order valence-electron chi connectivity index (χ2n) is 6.90. The van der Waals surface area contributed by atoms with Gasteiger partial charge < -0.3 is 18.3 Å². The number of fused-ring (bicyclic) bond motifs is 2. The summed E-state index contributed by atoms with van der Waals surface area (Å²) in [7, 11) is 1.60. The number of furan rings is 1. The van der Waals surface area contributed by atoms with Crippen LogP contribution >= 0.6 is 0 Å². The van der Waals surface area contributed by atoms with Gasteiger partial charge in [-0.05, 0) is 35.9 Å². The van der Waals surface area contributed by atoms with Crippen molar-refractivity contribution >= 4 is 21.9 Å². The second-order valence-corrected chi connectivity index (χ2v) is 6.90. The molecule has 0 bridgehead atoms. The van der Waals surface area contributed by atoms with Gasteiger partial charge in [0.05, 0.1) is 7.11 Å². The third kappa shape index (κ3) is 3.31. The summed E-state index contributed by atoms with van der Waals surface area (Å²) in [5.41, 5.74) is 2.37. The SMILES string of the molecule is COc1cccc2cc(-c3cc(=O)oc4ccc(OCc5ccccc5)cc34)oc12. The molecule has 0 N–H and O–H groups in total. The van der Waals surface area contributed by atoms with Crippen molar-refractivity contribution in [2.75, 3.05) is 7.11 Å². The van der Waals surface area contributed by atoms with E-state index in [2.05, 4.69) is 0 Å². The summed E-state index contributed by atoms with van der Waals surface area (Å²) in [6.45, 7) is 0.445. The molecule has 5 nitrogen and oxygen atoms in total. The number of ether oxygens (including phenoxy) is 2. The van der Waals surface area contributed by atoms with Crippen LogP contribution in [0.2, 0.25) is 0 Å². The fraction of sp³-hybridized carbons (Fsp3) is 0.0800. The van der Waals surface area contributed by atoms with Gasteiger partial charge in [-0.25, -0.2) is 4.79 Å². The van der Waals surface area contributed by atoms with Crippen LogP contribution in [0.15, 0.2) is 92.5 Å². The zero-order valence-electron chi connectivity index (χ0n) is 16.3. The van der Waals surface area contributed by atoms with E-state index in [1.807, 2.05) is 60.7 Å². The first kappa shape index (κ1) is 18.1. The summed E-state index contributed by atoms with van der Waals surface area (Å²) in [4.78, 5) is 12.1. The number of hydrogen-bond acceptors (Lipinski definition) is 5. The molecular weight excluding hydrogens is 380 g/mol. The van der Waals surface area contributed by atoms with Crippen LogP contribution in [-0.2, 0) is 6.61 Å². The first-order valence-electron chi connectivity index (χ1n) is 9.53. The van der Waals surface area contributed by atoms with Gasteiger partial charge in [-0.2, -0.15) is 0 Å². The van der Waals surface area contributed by atoms with E-state index in [9.17, 15) is 4.79 Å². The van der Waals surface area contributed by atoms with Crippen molar-refractivity contribution in [2.45, 2.75) is 6.61 Å². The Morgan fingerprint density at radius 3 is 2.57 bits per heavy atom. The zero-order chi connectivity index (χ0) is 20.5. The molecule has 0 aliphatic heterocycles. The molecule has 3 aromatic carbocycles. The molecule has 5 rings (SSSR count). The molecule has 0 unspecified atom stereocenters. The van der Waals surface area contributed by atoms with Crippen molar-refractivity contribution in [3.8, 4) is 22.8 Å². The lowest BCUT2D eigenvalue weighted by Crippen LogP contribution is -1.99. The largest absolute Gasteiger partial charge is 0.493 e. The Bertz CT molecular complexity index is 1400. The van der Waals surface area contributed by atoms with Gasteiger partial charge in [0, 0.05) is 22.4 Å². The molecule has 30 heavy (non-hydrogen) atoms. The van der Waals surface area contributed by atoms with Crippen molar-refractivity contribution in [1.29, 1.82) is 0 Å². The lowest BCUT2D eigenvalue weighted by atomic mass is 10.1. The monoisotopic (exact) mass is 398 g/mol. The Morgan fingerprint density at radius 2 is 1.73 bits per heavy atom. The first-order chi connectivity index (χ1) is 14.7. The third-order valence-electron chi connectivity index (χ3n) is 4.96. The number of hydrogen-bond donors (Lipinski definition) is 0. The average molecular weight is 398 g/mol. The highest BCUT2D eigenvalue weighted by atomic mass is 16.5. The highest BCUT2D eigenvalue weighted by molar-refractivity contribution is 5.96. The van der Waals surface area contributed by atoms with Gasteiger partial charge in [0.25, 0.3) is 0 Å². The highest BCUT2D eigenvalue weighted by Gasteiger charge is 2.15. The van der Waals surface area contributed by atoms with E-state index >= 15 is 0 Å². The van der Waals surface area contributed by atoms with Gasteiger partial charge in [-0.15, -0.1) is 0 Å². The van der Waals surface area contributed by atoms with E-state index in [0.717, 1.165) is 16.3 Å². The summed E-state index contributed by atoms with van der Waals surface area (Å²) in [5, 5.41) is 1.63. The van der Waals surface area contributed by atoms with Crippen molar-refractivity contribution in [2.24, 2.45) is 0 Å². The van der Waals surface area contributed by atoms with Gasteiger partial charge >= 0.3 is 5.63 Å². The quantitative estimate of drug-likeness (QED) is 0.351. The summed E-state index contributed by atoms with van der Waals surface area (Å²) in [6, 6.07) is 24.3.